The van der Waals surface area contributed by atoms with Gasteiger partial charge in [-0.15, -0.1) is 0 Å². The molecule has 0 bridgehead atoms. The Labute approximate surface area is 169 Å². The van der Waals surface area contributed by atoms with Crippen molar-refractivity contribution >= 4 is 45.6 Å². The monoisotopic (exact) mass is 465 g/mol. The summed E-state index contributed by atoms with van der Waals surface area (Å²) in [6.45, 7) is 7.13. The van der Waals surface area contributed by atoms with E-state index in [1.165, 1.54) is 22.7 Å². The van der Waals surface area contributed by atoms with Crippen LogP contribution in [0.15, 0.2) is 48.5 Å². The Balaban J connectivity index is 1.43. The van der Waals surface area contributed by atoms with Gasteiger partial charge in [0.05, 0.1) is 60.7 Å². The second-order valence-electron chi connectivity index (χ2n) is 6.51. The predicted octanol–water partition coefficient (Wildman–Crippen LogP) is 3.85. The minimum Gasteiger partial charge on any atom is -0.378 e. The van der Waals surface area contributed by atoms with Crippen molar-refractivity contribution < 1.29 is 9.47 Å². The van der Waals surface area contributed by atoms with E-state index >= 15 is 0 Å². The van der Waals surface area contributed by atoms with Crippen LogP contribution in [-0.2, 0) is 9.47 Å². The van der Waals surface area contributed by atoms with Crippen molar-refractivity contribution in [2.75, 3.05) is 65.5 Å². The number of nitrogens with zero attached hydrogens (tertiary/aromatic N) is 3. The highest BCUT2D eigenvalue weighted by Gasteiger charge is 2.14. The largest absolute Gasteiger partial charge is 0.378 e. The van der Waals surface area contributed by atoms with Crippen molar-refractivity contribution in [3.05, 3.63) is 48.5 Å². The third-order valence-electron chi connectivity index (χ3n) is 4.91. The topological polar surface area (TPSA) is 28.2 Å². The zero-order valence-electron chi connectivity index (χ0n) is 14.8. The van der Waals surface area contributed by atoms with Crippen LogP contribution >= 0.6 is 22.9 Å². The number of anilines is 4. The average Bonchev–Trinajstić information content (AvgIpc) is 2.75. The van der Waals surface area contributed by atoms with Crippen LogP contribution in [0.4, 0.5) is 22.7 Å². The number of halogens is 1. The molecule has 2 aliphatic rings. The number of morpholine rings is 2. The quantitative estimate of drug-likeness (QED) is 0.506. The molecule has 2 saturated heterocycles. The van der Waals surface area contributed by atoms with Gasteiger partial charge in [0.25, 0.3) is 0 Å². The molecule has 2 fully saturated rings. The molecule has 0 amide bonds. The minimum absolute atomic E-state index is 0.815. The molecule has 2 aromatic rings. The lowest BCUT2D eigenvalue weighted by molar-refractivity contribution is 0.122. The van der Waals surface area contributed by atoms with E-state index in [9.17, 15) is 0 Å². The number of hydrogen-bond donors (Lipinski definition) is 0. The summed E-state index contributed by atoms with van der Waals surface area (Å²) in [7, 11) is 0. The molecule has 138 valence electrons. The van der Waals surface area contributed by atoms with Crippen LogP contribution in [0.25, 0.3) is 0 Å². The van der Waals surface area contributed by atoms with E-state index in [-0.39, 0.29) is 0 Å². The van der Waals surface area contributed by atoms with Gasteiger partial charge in [-0.1, -0.05) is 0 Å². The molecular formula is C20H24IN3O2. The van der Waals surface area contributed by atoms with Crippen molar-refractivity contribution in [3.63, 3.8) is 0 Å². The van der Waals surface area contributed by atoms with Crippen LogP contribution < -0.4 is 12.9 Å². The van der Waals surface area contributed by atoms with Gasteiger partial charge in [-0.25, -0.2) is 0 Å². The molecule has 4 rings (SSSR count). The summed E-state index contributed by atoms with van der Waals surface area (Å²) in [5, 5.41) is 0. The van der Waals surface area contributed by atoms with Crippen molar-refractivity contribution in [2.24, 2.45) is 0 Å². The molecule has 0 aliphatic carbocycles. The summed E-state index contributed by atoms with van der Waals surface area (Å²) < 4.78 is 13.1. The van der Waals surface area contributed by atoms with E-state index in [4.69, 9.17) is 9.47 Å². The fourth-order valence-electron chi connectivity index (χ4n) is 3.38. The first-order chi connectivity index (χ1) is 12.8. The summed E-state index contributed by atoms with van der Waals surface area (Å²) in [6.07, 6.45) is 0. The molecule has 0 atom stereocenters. The lowest BCUT2D eigenvalue weighted by Gasteiger charge is -2.30. The Morgan fingerprint density at radius 1 is 0.615 bits per heavy atom. The molecule has 0 unspecified atom stereocenters. The van der Waals surface area contributed by atoms with E-state index in [0.29, 0.717) is 0 Å². The zero-order chi connectivity index (χ0) is 17.8. The van der Waals surface area contributed by atoms with Crippen LogP contribution in [-0.4, -0.2) is 52.6 Å². The lowest BCUT2D eigenvalue weighted by atomic mass is 10.2. The highest BCUT2D eigenvalue weighted by molar-refractivity contribution is 14.1. The summed E-state index contributed by atoms with van der Waals surface area (Å²) >= 11 is 2.37. The van der Waals surface area contributed by atoms with Gasteiger partial charge < -0.3 is 19.3 Å². The smallest absolute Gasteiger partial charge is 0.0646 e. The fourth-order valence-corrected chi connectivity index (χ4v) is 4.02. The maximum Gasteiger partial charge on any atom is 0.0646 e. The highest BCUT2D eigenvalue weighted by Crippen LogP contribution is 2.32. The first-order valence-corrected chi connectivity index (χ1v) is 10.1. The van der Waals surface area contributed by atoms with Crippen LogP contribution in [0.1, 0.15) is 0 Å². The number of rotatable bonds is 4. The van der Waals surface area contributed by atoms with Gasteiger partial charge in [-0.05, 0) is 48.5 Å². The number of hydrogen-bond acceptors (Lipinski definition) is 5. The van der Waals surface area contributed by atoms with E-state index in [2.05, 4.69) is 84.3 Å². The van der Waals surface area contributed by atoms with E-state index < -0.39 is 0 Å². The van der Waals surface area contributed by atoms with Crippen molar-refractivity contribution in [1.29, 1.82) is 0 Å². The van der Waals surface area contributed by atoms with Gasteiger partial charge in [-0.3, -0.25) is 3.11 Å². The van der Waals surface area contributed by atoms with Crippen LogP contribution in [0.2, 0.25) is 0 Å². The van der Waals surface area contributed by atoms with Gasteiger partial charge in [0.1, 0.15) is 0 Å². The number of benzene rings is 2. The SMILES string of the molecule is IN(c1ccc(N2CCOCC2)cc1)c1ccc(N2CCOCC2)cc1. The average molecular weight is 465 g/mol. The molecule has 5 nitrogen and oxygen atoms in total. The molecular weight excluding hydrogens is 441 g/mol. The summed E-state index contributed by atoms with van der Waals surface area (Å²) in [6, 6.07) is 17.6. The first-order valence-electron chi connectivity index (χ1n) is 9.13. The molecule has 0 radical (unpaired) electrons. The van der Waals surface area contributed by atoms with Crippen molar-refractivity contribution in [1.82, 2.24) is 0 Å². The van der Waals surface area contributed by atoms with Crippen molar-refractivity contribution in [2.45, 2.75) is 0 Å². The summed E-state index contributed by atoms with van der Waals surface area (Å²) in [5.74, 6) is 0. The van der Waals surface area contributed by atoms with Gasteiger partial charge in [0.15, 0.2) is 0 Å². The molecule has 2 heterocycles. The second-order valence-corrected chi connectivity index (χ2v) is 7.48. The molecule has 0 saturated carbocycles. The predicted molar refractivity (Wildman–Crippen MR) is 115 cm³/mol. The summed E-state index contributed by atoms with van der Waals surface area (Å²) in [5.41, 5.74) is 4.90. The lowest BCUT2D eigenvalue weighted by Crippen LogP contribution is -2.36. The molecule has 0 spiro atoms. The molecule has 0 N–H and O–H groups in total. The second kappa shape index (κ2) is 8.45. The molecule has 26 heavy (non-hydrogen) atoms. The standard InChI is InChI=1S/C20H24IN3O2/c21-24(19-5-1-17(2-6-19)22-9-13-25-14-10-22)20-7-3-18(4-8-20)23-11-15-26-16-12-23/h1-8H,9-16H2. The molecule has 2 aliphatic heterocycles. The maximum atomic E-state index is 5.43. The van der Waals surface area contributed by atoms with E-state index in [1.54, 1.807) is 0 Å². The van der Waals surface area contributed by atoms with Gasteiger partial charge in [0, 0.05) is 37.6 Å². The van der Waals surface area contributed by atoms with Gasteiger partial charge in [0.2, 0.25) is 0 Å². The third kappa shape index (κ3) is 4.07. The maximum absolute atomic E-state index is 5.43. The fraction of sp³-hybridized carbons (Fsp3) is 0.400. The normalized spacial score (nSPS) is 18.0. The highest BCUT2D eigenvalue weighted by atomic mass is 127. The molecule has 6 heteroatoms. The Morgan fingerprint density at radius 3 is 1.31 bits per heavy atom. The Bertz CT molecular complexity index is 635. The number of ether oxygens (including phenoxy) is 2. The summed E-state index contributed by atoms with van der Waals surface area (Å²) in [4.78, 5) is 4.75. The first kappa shape index (κ1) is 17.9. The Kier molecular flexibility index (Phi) is 5.81. The van der Waals surface area contributed by atoms with Crippen molar-refractivity contribution in [3.8, 4) is 0 Å². The van der Waals surface area contributed by atoms with Crippen LogP contribution in [0.3, 0.4) is 0 Å². The minimum atomic E-state index is 0.815. The van der Waals surface area contributed by atoms with Gasteiger partial charge >= 0.3 is 0 Å². The van der Waals surface area contributed by atoms with Gasteiger partial charge in [-0.2, -0.15) is 0 Å². The Hall–Kier alpha value is -1.51. The zero-order valence-corrected chi connectivity index (χ0v) is 17.0. The molecule has 2 aromatic carbocycles. The van der Waals surface area contributed by atoms with Crippen LogP contribution in [0, 0.1) is 0 Å². The molecule has 0 aromatic heterocycles. The van der Waals surface area contributed by atoms with Crippen LogP contribution in [0.5, 0.6) is 0 Å². The Morgan fingerprint density at radius 2 is 0.962 bits per heavy atom. The van der Waals surface area contributed by atoms with E-state index in [1.807, 2.05) is 0 Å². The third-order valence-corrected chi connectivity index (χ3v) is 6.02. The van der Waals surface area contributed by atoms with E-state index in [0.717, 1.165) is 52.6 Å².